The van der Waals surface area contributed by atoms with Gasteiger partial charge in [0.2, 0.25) is 0 Å². The molecular weight excluding hydrogens is 687 g/mol. The minimum absolute atomic E-state index is 0.0667. The molecule has 10 nitrogen and oxygen atoms in total. The average Bonchev–Trinajstić information content (AvgIpc) is 3.89. The van der Waals surface area contributed by atoms with E-state index in [9.17, 15) is 18.0 Å². The highest BCUT2D eigenvalue weighted by atomic mass is 32.2. The van der Waals surface area contributed by atoms with Gasteiger partial charge in [-0.2, -0.15) is 8.42 Å². The lowest BCUT2D eigenvalue weighted by Gasteiger charge is -2.53. The molecule has 1 aromatic heterocycles. The molecule has 0 radical (unpaired) electrons. The van der Waals surface area contributed by atoms with Gasteiger partial charge in [0, 0.05) is 94.4 Å². The number of carbonyl (C=O) groups is 2. The van der Waals surface area contributed by atoms with Gasteiger partial charge in [0.1, 0.15) is 17.4 Å². The Hall–Kier alpha value is -2.76. The van der Waals surface area contributed by atoms with Gasteiger partial charge in [-0.15, -0.1) is 0 Å². The van der Waals surface area contributed by atoms with Crippen LogP contribution < -0.4 is 14.7 Å². The number of hydrogen-bond acceptors (Lipinski definition) is 9. The van der Waals surface area contributed by atoms with Crippen LogP contribution in [0.25, 0.3) is 0 Å². The molecule has 2 saturated carbocycles. The summed E-state index contributed by atoms with van der Waals surface area (Å²) in [5, 5.41) is 0. The molecule has 53 heavy (non-hydrogen) atoms. The van der Waals surface area contributed by atoms with Crippen LogP contribution in [0.3, 0.4) is 0 Å². The quantitative estimate of drug-likeness (QED) is 0.231. The van der Waals surface area contributed by atoms with Crippen molar-refractivity contribution in [3.8, 4) is 0 Å². The Morgan fingerprint density at radius 1 is 0.925 bits per heavy atom. The number of aromatic nitrogens is 1. The van der Waals surface area contributed by atoms with E-state index >= 15 is 0 Å². The van der Waals surface area contributed by atoms with Crippen molar-refractivity contribution < 1.29 is 22.6 Å². The van der Waals surface area contributed by atoms with E-state index in [1.54, 1.807) is 5.57 Å². The molecule has 1 aromatic rings. The highest BCUT2D eigenvalue weighted by Gasteiger charge is 2.59. The van der Waals surface area contributed by atoms with Crippen molar-refractivity contribution in [1.29, 1.82) is 0 Å². The molecule has 11 heteroatoms. The second-order valence-corrected chi connectivity index (χ2v) is 19.3. The topological polar surface area (TPSA) is 114 Å². The molecule has 292 valence electrons. The predicted octanol–water partition coefficient (Wildman–Crippen LogP) is 6.57. The van der Waals surface area contributed by atoms with Crippen molar-refractivity contribution in [3.05, 3.63) is 35.4 Å². The molecule has 0 bridgehead atoms. The number of rotatable bonds is 8. The van der Waals surface area contributed by atoms with Gasteiger partial charge in [-0.1, -0.05) is 38.0 Å². The summed E-state index contributed by atoms with van der Waals surface area (Å²) in [5.41, 5.74) is 4.47. The zero-order valence-electron chi connectivity index (χ0n) is 32.7. The summed E-state index contributed by atoms with van der Waals surface area (Å²) in [6.45, 7) is 16.9. The maximum Gasteiger partial charge on any atom is 0.261 e. The fourth-order valence-electron chi connectivity index (χ4n) is 11.7. The van der Waals surface area contributed by atoms with Crippen molar-refractivity contribution in [2.45, 2.75) is 97.8 Å². The standard InChI is InChI=1S/C41H59N5O2.CH4O3S/c1-29-25-35-33-11-10-30-26-32(47)12-14-40(30,2)34(33)13-15-41(35,3)39(29)36(48)9-8-16-43-21-23-44(24-22-43)31-27-37(45-17-4-5-18-45)42-38(28-31)46-19-6-7-20-46;1-5(2,3)4/h13,26-29,33,35,39H,4-12,14-25H2,1-3H3;1H3,(H,2,3,4)/t29-,33-,35+,39-,40+,41+;/m1./s1. The largest absolute Gasteiger partial charge is 0.369 e. The number of fused-ring (bicyclic) bond motifs is 5. The maximum atomic E-state index is 14.1. The van der Waals surface area contributed by atoms with E-state index in [1.165, 1.54) is 55.0 Å². The Morgan fingerprint density at radius 2 is 1.53 bits per heavy atom. The normalized spacial score (nSPS) is 33.1. The minimum Gasteiger partial charge on any atom is -0.369 e. The molecule has 8 rings (SSSR count). The highest BCUT2D eigenvalue weighted by molar-refractivity contribution is 7.85. The number of carbonyl (C=O) groups excluding carboxylic acids is 2. The van der Waals surface area contributed by atoms with Gasteiger partial charge in [-0.25, -0.2) is 4.98 Å². The second-order valence-electron chi connectivity index (χ2n) is 17.8. The Kier molecular flexibility index (Phi) is 11.2. The van der Waals surface area contributed by atoms with Crippen molar-refractivity contribution in [2.24, 2.45) is 34.5 Å². The van der Waals surface area contributed by atoms with Gasteiger partial charge in [-0.3, -0.25) is 19.0 Å². The number of allylic oxidation sites excluding steroid dienone is 4. The van der Waals surface area contributed by atoms with Crippen LogP contribution in [0.2, 0.25) is 0 Å². The van der Waals surface area contributed by atoms with E-state index in [-0.39, 0.29) is 16.7 Å². The summed E-state index contributed by atoms with van der Waals surface area (Å²) in [6, 6.07) is 4.69. The maximum absolute atomic E-state index is 14.1. The monoisotopic (exact) mass is 749 g/mol. The number of anilines is 3. The summed E-state index contributed by atoms with van der Waals surface area (Å²) >= 11 is 0. The van der Waals surface area contributed by atoms with E-state index < -0.39 is 10.1 Å². The van der Waals surface area contributed by atoms with Crippen LogP contribution in [0.5, 0.6) is 0 Å². The molecule has 0 aromatic carbocycles. The molecule has 1 N–H and O–H groups in total. The Bertz CT molecular complexity index is 1670. The molecule has 0 amide bonds. The number of hydrogen-bond donors (Lipinski definition) is 1. The fourth-order valence-corrected chi connectivity index (χ4v) is 11.7. The first kappa shape index (κ1) is 38.5. The van der Waals surface area contributed by atoms with E-state index in [0.717, 1.165) is 91.0 Å². The number of nitrogens with zero attached hydrogens (tertiary/aromatic N) is 5. The van der Waals surface area contributed by atoms with Crippen LogP contribution in [-0.2, 0) is 19.7 Å². The van der Waals surface area contributed by atoms with Gasteiger partial charge < -0.3 is 14.7 Å². The van der Waals surface area contributed by atoms with E-state index in [1.807, 2.05) is 6.08 Å². The Balaban J connectivity index is 0.000000817. The summed E-state index contributed by atoms with van der Waals surface area (Å²) in [6.07, 6.45) is 18.1. The van der Waals surface area contributed by atoms with E-state index in [2.05, 4.69) is 58.6 Å². The van der Waals surface area contributed by atoms with Crippen LogP contribution >= 0.6 is 0 Å². The SMILES string of the molecule is CS(=O)(=O)O.C[C@@H]1C[C@H]2[C@@H]3CCC4=CC(=O)CC[C@]4(C)C3=CC[C@]2(C)[C@H]1C(=O)CCCN1CCN(c2cc(N3CCCC3)nc(N3CCCC3)c2)CC1. The zero-order valence-corrected chi connectivity index (χ0v) is 33.5. The Labute approximate surface area is 318 Å². The first-order valence-corrected chi connectivity index (χ1v) is 22.5. The molecule has 4 heterocycles. The molecule has 6 atom stereocenters. The number of piperazine rings is 1. The molecule has 3 saturated heterocycles. The van der Waals surface area contributed by atoms with Gasteiger partial charge in [0.15, 0.2) is 5.78 Å². The number of ketones is 2. The second kappa shape index (κ2) is 15.4. The van der Waals surface area contributed by atoms with Crippen LogP contribution in [0, 0.1) is 34.5 Å². The van der Waals surface area contributed by atoms with Crippen molar-refractivity contribution in [3.63, 3.8) is 0 Å². The molecule has 3 aliphatic heterocycles. The lowest BCUT2D eigenvalue weighted by atomic mass is 9.51. The zero-order chi connectivity index (χ0) is 37.5. The summed E-state index contributed by atoms with van der Waals surface area (Å²) in [4.78, 5) is 41.6. The van der Waals surface area contributed by atoms with Gasteiger partial charge >= 0.3 is 0 Å². The van der Waals surface area contributed by atoms with E-state index in [4.69, 9.17) is 9.54 Å². The highest BCUT2D eigenvalue weighted by Crippen LogP contribution is 2.65. The van der Waals surface area contributed by atoms with E-state index in [0.29, 0.717) is 48.4 Å². The minimum atomic E-state index is -3.67. The smallest absolute Gasteiger partial charge is 0.261 e. The molecular formula is C42H63N5O5S. The lowest BCUT2D eigenvalue weighted by molar-refractivity contribution is -0.128. The Morgan fingerprint density at radius 3 is 2.13 bits per heavy atom. The molecule has 7 aliphatic rings. The molecule has 4 aliphatic carbocycles. The fraction of sp³-hybridized carbons (Fsp3) is 0.738. The summed E-state index contributed by atoms with van der Waals surface area (Å²) < 4.78 is 25.9. The molecule has 0 spiro atoms. The third-order valence-electron chi connectivity index (χ3n) is 14.3. The molecule has 0 unspecified atom stereocenters. The summed E-state index contributed by atoms with van der Waals surface area (Å²) in [5.74, 6) is 4.97. The van der Waals surface area contributed by atoms with Crippen molar-refractivity contribution in [1.82, 2.24) is 9.88 Å². The predicted molar refractivity (Wildman–Crippen MR) is 212 cm³/mol. The third kappa shape index (κ3) is 8.13. The van der Waals surface area contributed by atoms with Crippen molar-refractivity contribution in [2.75, 3.05) is 79.9 Å². The average molecular weight is 750 g/mol. The first-order valence-electron chi connectivity index (χ1n) is 20.6. The number of pyridine rings is 1. The molecule has 5 fully saturated rings. The van der Waals surface area contributed by atoms with Crippen LogP contribution in [0.15, 0.2) is 35.4 Å². The van der Waals surface area contributed by atoms with Gasteiger partial charge in [-0.05, 0) is 100.0 Å². The van der Waals surface area contributed by atoms with Gasteiger partial charge in [0.25, 0.3) is 10.1 Å². The van der Waals surface area contributed by atoms with Gasteiger partial charge in [0.05, 0.1) is 6.26 Å². The van der Waals surface area contributed by atoms with Crippen LogP contribution in [-0.4, -0.2) is 99.6 Å². The third-order valence-corrected chi connectivity index (χ3v) is 14.3. The van der Waals surface area contributed by atoms with Crippen molar-refractivity contribution >= 4 is 39.0 Å². The number of Topliss-reactive ketones (excluding diaryl/α,β-unsaturated/α-hetero) is 1. The summed E-state index contributed by atoms with van der Waals surface area (Å²) in [7, 11) is -3.67. The lowest BCUT2D eigenvalue weighted by Crippen LogP contribution is -2.47. The first-order chi connectivity index (χ1) is 25.2. The van der Waals surface area contributed by atoms with Crippen LogP contribution in [0.4, 0.5) is 17.3 Å². The van der Waals surface area contributed by atoms with Crippen LogP contribution in [0.1, 0.15) is 97.8 Å².